The molecule has 1 aliphatic rings. The lowest BCUT2D eigenvalue weighted by molar-refractivity contribution is 0.0943. The number of hydrogen-bond acceptors (Lipinski definition) is 6. The topological polar surface area (TPSA) is 80.5 Å². The normalized spacial score (nSPS) is 16.1. The van der Waals surface area contributed by atoms with E-state index >= 15 is 0 Å². The van der Waals surface area contributed by atoms with E-state index in [9.17, 15) is 4.79 Å². The third kappa shape index (κ3) is 2.73. The van der Waals surface area contributed by atoms with Crippen molar-refractivity contribution in [3.63, 3.8) is 0 Å². The minimum absolute atomic E-state index is 0.0781. The molecule has 0 atom stereocenters. The van der Waals surface area contributed by atoms with Gasteiger partial charge in [-0.3, -0.25) is 4.79 Å². The molecule has 2 heterocycles. The van der Waals surface area contributed by atoms with Gasteiger partial charge in [0.25, 0.3) is 5.91 Å². The van der Waals surface area contributed by atoms with E-state index in [4.69, 9.17) is 10.5 Å². The summed E-state index contributed by atoms with van der Waals surface area (Å²) in [5.41, 5.74) is 6.30. The molecule has 0 bridgehead atoms. The van der Waals surface area contributed by atoms with Gasteiger partial charge in [0, 0.05) is 19.1 Å². The zero-order chi connectivity index (χ0) is 13.1. The highest BCUT2D eigenvalue weighted by Crippen LogP contribution is 2.31. The van der Waals surface area contributed by atoms with E-state index in [-0.39, 0.29) is 11.9 Å². The van der Waals surface area contributed by atoms with Crippen molar-refractivity contribution < 1.29 is 9.53 Å². The number of carbonyl (C=O) groups excluding carboxylic acids is 1. The van der Waals surface area contributed by atoms with Crippen molar-refractivity contribution in [2.24, 2.45) is 0 Å². The first-order valence-electron chi connectivity index (χ1n) is 5.98. The molecule has 0 unspecified atom stereocenters. The molecule has 18 heavy (non-hydrogen) atoms. The Morgan fingerprint density at radius 3 is 2.78 bits per heavy atom. The maximum absolute atomic E-state index is 12.1. The summed E-state index contributed by atoms with van der Waals surface area (Å²) in [5.74, 6) is 0.150. The van der Waals surface area contributed by atoms with Gasteiger partial charge >= 0.3 is 0 Å². The number of nitrogens with zero attached hydrogens (tertiary/aromatic N) is 2. The van der Waals surface area contributed by atoms with Crippen molar-refractivity contribution in [3.8, 4) is 0 Å². The second-order valence-electron chi connectivity index (χ2n) is 4.48. The average Bonchev–Trinajstić information content (AvgIpc) is 2.71. The van der Waals surface area contributed by atoms with Gasteiger partial charge in [-0.25, -0.2) is 0 Å². The number of rotatable bonds is 3. The third-order valence-electron chi connectivity index (χ3n) is 2.65. The van der Waals surface area contributed by atoms with Crippen LogP contribution in [0.25, 0.3) is 0 Å². The van der Waals surface area contributed by atoms with Crippen LogP contribution < -0.4 is 16.0 Å². The molecule has 1 saturated heterocycles. The van der Waals surface area contributed by atoms with E-state index < -0.39 is 0 Å². The third-order valence-corrected chi connectivity index (χ3v) is 3.57. The summed E-state index contributed by atoms with van der Waals surface area (Å²) in [7, 11) is 0. The predicted octanol–water partition coefficient (Wildman–Crippen LogP) is 0.700. The summed E-state index contributed by atoms with van der Waals surface area (Å²) < 4.78 is 9.40. The molecular formula is C11H18N4O2S. The summed E-state index contributed by atoms with van der Waals surface area (Å²) >= 11 is 1.27. The molecule has 1 aliphatic heterocycles. The Morgan fingerprint density at radius 1 is 1.50 bits per heavy atom. The largest absolute Gasteiger partial charge is 0.382 e. The van der Waals surface area contributed by atoms with Gasteiger partial charge in [0.2, 0.25) is 0 Å². The number of nitrogen functional groups attached to an aromatic ring is 1. The molecule has 2 rings (SSSR count). The maximum atomic E-state index is 12.1. The van der Waals surface area contributed by atoms with Gasteiger partial charge in [-0.15, -0.1) is 0 Å². The smallest absolute Gasteiger partial charge is 0.258 e. The fraction of sp³-hybridized carbons (Fsp3) is 0.636. The van der Waals surface area contributed by atoms with Gasteiger partial charge < -0.3 is 20.7 Å². The lowest BCUT2D eigenvalue weighted by Gasteiger charge is -2.27. The lowest BCUT2D eigenvalue weighted by atomic mass is 10.2. The van der Waals surface area contributed by atoms with E-state index in [2.05, 4.69) is 14.6 Å². The van der Waals surface area contributed by atoms with Crippen LogP contribution >= 0.6 is 11.5 Å². The summed E-state index contributed by atoms with van der Waals surface area (Å²) in [6.07, 6.45) is 0. The van der Waals surface area contributed by atoms with Crippen LogP contribution in [0.15, 0.2) is 0 Å². The molecule has 0 spiro atoms. The first kappa shape index (κ1) is 13.1. The number of amides is 1. The molecule has 0 radical (unpaired) electrons. The highest BCUT2D eigenvalue weighted by Gasteiger charge is 2.24. The zero-order valence-electron chi connectivity index (χ0n) is 10.6. The highest BCUT2D eigenvalue weighted by molar-refractivity contribution is 7.11. The van der Waals surface area contributed by atoms with Gasteiger partial charge in [-0.1, -0.05) is 0 Å². The van der Waals surface area contributed by atoms with Crippen LogP contribution in [-0.4, -0.2) is 42.6 Å². The summed E-state index contributed by atoms with van der Waals surface area (Å²) in [5, 5.41) is 3.70. The van der Waals surface area contributed by atoms with Crippen LogP contribution in [-0.2, 0) is 4.74 Å². The number of anilines is 2. The second-order valence-corrected chi connectivity index (χ2v) is 5.23. The number of ether oxygens (including phenoxy) is 1. The Morgan fingerprint density at radius 2 is 2.17 bits per heavy atom. The van der Waals surface area contributed by atoms with E-state index in [1.54, 1.807) is 0 Å². The maximum Gasteiger partial charge on any atom is 0.258 e. The molecule has 0 aromatic carbocycles. The number of carbonyl (C=O) groups is 1. The number of aromatic nitrogens is 1. The van der Waals surface area contributed by atoms with Gasteiger partial charge in [0.15, 0.2) is 5.82 Å². The lowest BCUT2D eigenvalue weighted by Crippen LogP contribution is -2.38. The first-order chi connectivity index (χ1) is 8.59. The van der Waals surface area contributed by atoms with Crippen LogP contribution in [0.1, 0.15) is 24.2 Å². The number of nitrogens with two attached hydrogens (primary N) is 1. The van der Waals surface area contributed by atoms with Gasteiger partial charge in [0.1, 0.15) is 10.6 Å². The van der Waals surface area contributed by atoms with Crippen LogP contribution in [0.3, 0.4) is 0 Å². The minimum atomic E-state index is -0.155. The molecule has 6 nitrogen and oxygen atoms in total. The molecule has 1 fully saturated rings. The van der Waals surface area contributed by atoms with E-state index in [0.717, 1.165) is 18.1 Å². The van der Waals surface area contributed by atoms with Crippen LogP contribution in [0, 0.1) is 0 Å². The van der Waals surface area contributed by atoms with Gasteiger partial charge in [0.05, 0.1) is 13.2 Å². The SMILES string of the molecule is CC(C)NC(=O)c1c(N)nsc1N1CCOCC1. The second kappa shape index (κ2) is 5.53. The monoisotopic (exact) mass is 270 g/mol. The molecule has 7 heteroatoms. The quantitative estimate of drug-likeness (QED) is 0.845. The zero-order valence-corrected chi connectivity index (χ0v) is 11.4. The summed E-state index contributed by atoms with van der Waals surface area (Å²) in [6.45, 7) is 6.71. The highest BCUT2D eigenvalue weighted by atomic mass is 32.1. The predicted molar refractivity (Wildman–Crippen MR) is 72.2 cm³/mol. The van der Waals surface area contributed by atoms with E-state index in [1.807, 2.05) is 13.8 Å². The molecular weight excluding hydrogens is 252 g/mol. The molecule has 100 valence electrons. The van der Waals surface area contributed by atoms with Crippen molar-refractivity contribution >= 4 is 28.3 Å². The summed E-state index contributed by atoms with van der Waals surface area (Å²) in [4.78, 5) is 14.2. The van der Waals surface area contributed by atoms with Crippen LogP contribution in [0.4, 0.5) is 10.8 Å². The van der Waals surface area contributed by atoms with Crippen molar-refractivity contribution in [1.29, 1.82) is 0 Å². The fourth-order valence-electron chi connectivity index (χ4n) is 1.82. The Kier molecular flexibility index (Phi) is 4.03. The Balaban J connectivity index is 2.23. The molecule has 1 aromatic heterocycles. The molecule has 1 aromatic rings. The molecule has 1 amide bonds. The Labute approximate surface area is 110 Å². The van der Waals surface area contributed by atoms with E-state index in [0.29, 0.717) is 24.6 Å². The fourth-order valence-corrected chi connectivity index (χ4v) is 2.69. The van der Waals surface area contributed by atoms with Gasteiger partial charge in [-0.05, 0) is 25.4 Å². The average molecular weight is 270 g/mol. The number of hydrogen-bond donors (Lipinski definition) is 2. The van der Waals surface area contributed by atoms with Gasteiger partial charge in [-0.2, -0.15) is 4.37 Å². The Hall–Kier alpha value is -1.34. The van der Waals surface area contributed by atoms with Crippen molar-refractivity contribution in [2.75, 3.05) is 36.9 Å². The number of morpholine rings is 1. The first-order valence-corrected chi connectivity index (χ1v) is 6.75. The summed E-state index contributed by atoms with van der Waals surface area (Å²) in [6, 6.07) is 0.0781. The molecule has 0 aliphatic carbocycles. The van der Waals surface area contributed by atoms with Crippen LogP contribution in [0.5, 0.6) is 0 Å². The molecule has 3 N–H and O–H groups in total. The van der Waals surface area contributed by atoms with Crippen LogP contribution in [0.2, 0.25) is 0 Å². The van der Waals surface area contributed by atoms with Crippen molar-refractivity contribution in [1.82, 2.24) is 9.69 Å². The minimum Gasteiger partial charge on any atom is -0.382 e. The number of nitrogens with one attached hydrogen (secondary N) is 1. The Bertz CT molecular complexity index is 427. The van der Waals surface area contributed by atoms with E-state index in [1.165, 1.54) is 11.5 Å². The van der Waals surface area contributed by atoms with Crippen molar-refractivity contribution in [3.05, 3.63) is 5.56 Å². The van der Waals surface area contributed by atoms with Crippen molar-refractivity contribution in [2.45, 2.75) is 19.9 Å². The standard InChI is InChI=1S/C11H18N4O2S/c1-7(2)13-10(16)8-9(12)14-18-11(8)15-3-5-17-6-4-15/h7H,3-6H2,1-2H3,(H2,12,14)(H,13,16). The molecule has 0 saturated carbocycles.